The van der Waals surface area contributed by atoms with E-state index in [1.165, 1.54) is 6.20 Å². The molecule has 0 radical (unpaired) electrons. The number of nitrogens with zero attached hydrogens (tertiary/aromatic N) is 4. The minimum Gasteiger partial charge on any atom is -0.497 e. The van der Waals surface area contributed by atoms with Gasteiger partial charge in [0.1, 0.15) is 23.7 Å². The maximum Gasteiger partial charge on any atom is 0.158 e. The van der Waals surface area contributed by atoms with Gasteiger partial charge in [0, 0.05) is 13.1 Å². The van der Waals surface area contributed by atoms with E-state index in [-0.39, 0.29) is 6.10 Å². The SMILES string of the molecule is COc1cccc(C2CN(c3cnc(C#N)cn3)CCO2)c1. The predicted octanol–water partition coefficient (Wildman–Crippen LogP) is 1.93. The second-order valence-corrected chi connectivity index (χ2v) is 4.95. The van der Waals surface area contributed by atoms with E-state index in [2.05, 4.69) is 14.9 Å². The Morgan fingerprint density at radius 2 is 2.27 bits per heavy atom. The van der Waals surface area contributed by atoms with Gasteiger partial charge in [-0.2, -0.15) is 5.26 Å². The molecular formula is C16H16N4O2. The first-order valence-corrected chi connectivity index (χ1v) is 7.03. The lowest BCUT2D eigenvalue weighted by atomic mass is 10.1. The monoisotopic (exact) mass is 296 g/mol. The molecule has 0 saturated carbocycles. The van der Waals surface area contributed by atoms with Crippen molar-refractivity contribution in [1.29, 1.82) is 5.26 Å². The Hall–Kier alpha value is -2.65. The van der Waals surface area contributed by atoms with Gasteiger partial charge in [-0.15, -0.1) is 0 Å². The van der Waals surface area contributed by atoms with Crippen molar-refractivity contribution in [1.82, 2.24) is 9.97 Å². The third-order valence-corrected chi connectivity index (χ3v) is 3.61. The zero-order chi connectivity index (χ0) is 15.4. The topological polar surface area (TPSA) is 71.3 Å². The first kappa shape index (κ1) is 14.3. The van der Waals surface area contributed by atoms with E-state index >= 15 is 0 Å². The van der Waals surface area contributed by atoms with Gasteiger partial charge in [-0.25, -0.2) is 9.97 Å². The van der Waals surface area contributed by atoms with Gasteiger partial charge >= 0.3 is 0 Å². The fourth-order valence-electron chi connectivity index (χ4n) is 2.44. The molecule has 1 fully saturated rings. The van der Waals surface area contributed by atoms with E-state index < -0.39 is 0 Å². The van der Waals surface area contributed by atoms with E-state index in [4.69, 9.17) is 14.7 Å². The van der Waals surface area contributed by atoms with Crippen molar-refractivity contribution < 1.29 is 9.47 Å². The summed E-state index contributed by atoms with van der Waals surface area (Å²) >= 11 is 0. The summed E-state index contributed by atoms with van der Waals surface area (Å²) in [5.41, 5.74) is 1.40. The Morgan fingerprint density at radius 3 is 3.00 bits per heavy atom. The molecule has 0 amide bonds. The average molecular weight is 296 g/mol. The van der Waals surface area contributed by atoms with Crippen molar-refractivity contribution in [3.05, 3.63) is 47.9 Å². The first-order valence-electron chi connectivity index (χ1n) is 7.03. The molecule has 6 nitrogen and oxygen atoms in total. The number of benzene rings is 1. The zero-order valence-electron chi connectivity index (χ0n) is 12.3. The Balaban J connectivity index is 1.77. The molecule has 6 heteroatoms. The summed E-state index contributed by atoms with van der Waals surface area (Å²) in [6.45, 7) is 2.05. The summed E-state index contributed by atoms with van der Waals surface area (Å²) in [4.78, 5) is 10.5. The van der Waals surface area contributed by atoms with Crippen LogP contribution in [0, 0.1) is 11.3 Å². The predicted molar refractivity (Wildman–Crippen MR) is 80.6 cm³/mol. The molecule has 1 aliphatic rings. The average Bonchev–Trinajstić information content (AvgIpc) is 2.62. The molecule has 2 heterocycles. The van der Waals surface area contributed by atoms with Crippen LogP contribution in [0.3, 0.4) is 0 Å². The van der Waals surface area contributed by atoms with Crippen LogP contribution in [0.5, 0.6) is 5.75 Å². The van der Waals surface area contributed by atoms with Crippen molar-refractivity contribution in [2.45, 2.75) is 6.10 Å². The van der Waals surface area contributed by atoms with E-state index in [1.807, 2.05) is 30.3 Å². The minimum atomic E-state index is -0.0405. The van der Waals surface area contributed by atoms with E-state index in [9.17, 15) is 0 Å². The van der Waals surface area contributed by atoms with Gasteiger partial charge in [0.15, 0.2) is 5.69 Å². The van der Waals surface area contributed by atoms with Crippen molar-refractivity contribution in [3.8, 4) is 11.8 Å². The van der Waals surface area contributed by atoms with Crippen LogP contribution in [0.1, 0.15) is 17.4 Å². The van der Waals surface area contributed by atoms with Crippen LogP contribution in [0.2, 0.25) is 0 Å². The largest absolute Gasteiger partial charge is 0.497 e. The number of methoxy groups -OCH3 is 1. The first-order chi connectivity index (χ1) is 10.8. The van der Waals surface area contributed by atoms with Crippen LogP contribution in [0.4, 0.5) is 5.82 Å². The molecule has 1 aliphatic heterocycles. The molecule has 22 heavy (non-hydrogen) atoms. The second kappa shape index (κ2) is 6.41. The summed E-state index contributed by atoms with van der Waals surface area (Å²) in [5.74, 6) is 1.58. The second-order valence-electron chi connectivity index (χ2n) is 4.95. The van der Waals surface area contributed by atoms with Crippen molar-refractivity contribution >= 4 is 5.82 Å². The smallest absolute Gasteiger partial charge is 0.158 e. The number of aromatic nitrogens is 2. The van der Waals surface area contributed by atoms with Gasteiger partial charge in [-0.3, -0.25) is 0 Å². The highest BCUT2D eigenvalue weighted by Gasteiger charge is 2.23. The number of anilines is 1. The van der Waals surface area contributed by atoms with Gasteiger partial charge in [0.25, 0.3) is 0 Å². The van der Waals surface area contributed by atoms with Crippen molar-refractivity contribution in [2.24, 2.45) is 0 Å². The number of rotatable bonds is 3. The lowest BCUT2D eigenvalue weighted by Crippen LogP contribution is -2.38. The van der Waals surface area contributed by atoms with Crippen LogP contribution in [-0.2, 0) is 4.74 Å². The van der Waals surface area contributed by atoms with Crippen LogP contribution >= 0.6 is 0 Å². The van der Waals surface area contributed by atoms with Gasteiger partial charge in [0.2, 0.25) is 0 Å². The standard InChI is InChI=1S/C16H16N4O2/c1-21-14-4-2-3-12(7-14)15-11-20(5-6-22-15)16-10-18-13(8-17)9-19-16/h2-4,7,9-10,15H,5-6,11H2,1H3. The van der Waals surface area contributed by atoms with Gasteiger partial charge < -0.3 is 14.4 Å². The molecule has 1 aromatic carbocycles. The quantitative estimate of drug-likeness (QED) is 0.862. The molecule has 1 atom stereocenters. The van der Waals surface area contributed by atoms with Crippen LogP contribution in [0.25, 0.3) is 0 Å². The highest BCUT2D eigenvalue weighted by molar-refractivity contribution is 5.39. The van der Waals surface area contributed by atoms with E-state index in [0.29, 0.717) is 18.8 Å². The molecular weight excluding hydrogens is 280 g/mol. The molecule has 1 unspecified atom stereocenters. The molecule has 0 N–H and O–H groups in total. The zero-order valence-corrected chi connectivity index (χ0v) is 12.3. The third kappa shape index (κ3) is 3.00. The summed E-state index contributed by atoms with van der Waals surface area (Å²) in [6.07, 6.45) is 3.08. The summed E-state index contributed by atoms with van der Waals surface area (Å²) in [6, 6.07) is 9.86. The van der Waals surface area contributed by atoms with Gasteiger partial charge in [-0.05, 0) is 17.7 Å². The molecule has 0 bridgehead atoms. The van der Waals surface area contributed by atoms with Gasteiger partial charge in [0.05, 0.1) is 26.1 Å². The fraction of sp³-hybridized carbons (Fsp3) is 0.312. The van der Waals surface area contributed by atoms with Crippen LogP contribution in [0.15, 0.2) is 36.7 Å². The normalized spacial score (nSPS) is 17.8. The van der Waals surface area contributed by atoms with Gasteiger partial charge in [-0.1, -0.05) is 12.1 Å². The number of hydrogen-bond acceptors (Lipinski definition) is 6. The highest BCUT2D eigenvalue weighted by Crippen LogP contribution is 2.27. The third-order valence-electron chi connectivity index (χ3n) is 3.61. The lowest BCUT2D eigenvalue weighted by molar-refractivity contribution is 0.0394. The number of morpholine rings is 1. The molecule has 2 aromatic rings. The Kier molecular flexibility index (Phi) is 4.17. The molecule has 1 saturated heterocycles. The minimum absolute atomic E-state index is 0.0405. The van der Waals surface area contributed by atoms with Crippen molar-refractivity contribution in [3.63, 3.8) is 0 Å². The molecule has 0 aliphatic carbocycles. The summed E-state index contributed by atoms with van der Waals surface area (Å²) in [5, 5.41) is 8.78. The van der Waals surface area contributed by atoms with Crippen LogP contribution in [-0.4, -0.2) is 36.8 Å². The molecule has 1 aromatic heterocycles. The molecule has 112 valence electrons. The summed E-state index contributed by atoms with van der Waals surface area (Å²) < 4.78 is 11.1. The van der Waals surface area contributed by atoms with Crippen LogP contribution < -0.4 is 9.64 Å². The summed E-state index contributed by atoms with van der Waals surface area (Å²) in [7, 11) is 1.65. The Morgan fingerprint density at radius 1 is 1.36 bits per heavy atom. The maximum absolute atomic E-state index is 8.78. The molecule has 3 rings (SSSR count). The number of nitriles is 1. The number of hydrogen-bond donors (Lipinski definition) is 0. The fourth-order valence-corrected chi connectivity index (χ4v) is 2.44. The number of ether oxygens (including phenoxy) is 2. The molecule has 0 spiro atoms. The Labute approximate surface area is 128 Å². The van der Waals surface area contributed by atoms with E-state index in [0.717, 1.165) is 23.7 Å². The van der Waals surface area contributed by atoms with Crippen molar-refractivity contribution in [2.75, 3.05) is 31.7 Å². The maximum atomic E-state index is 8.78. The lowest BCUT2D eigenvalue weighted by Gasteiger charge is -2.33. The van der Waals surface area contributed by atoms with E-state index in [1.54, 1.807) is 13.3 Å². The Bertz CT molecular complexity index is 681. The highest BCUT2D eigenvalue weighted by atomic mass is 16.5.